The van der Waals surface area contributed by atoms with E-state index in [1.54, 1.807) is 0 Å². The highest BCUT2D eigenvalue weighted by molar-refractivity contribution is 7.60. The number of aliphatic hydroxyl groups is 1. The quantitative estimate of drug-likeness (QED) is 0.176. The van der Waals surface area contributed by atoms with Gasteiger partial charge in [-0.05, 0) is 10.8 Å². The molecular weight excluding hydrogens is 470 g/mol. The third-order valence-electron chi connectivity index (χ3n) is 2.74. The minimum Gasteiger partial charge on any atom is -0.394 e. The van der Waals surface area contributed by atoms with Gasteiger partial charge in [-0.25, -0.2) is 9.13 Å². The Balaban J connectivity index is 0. The maximum atomic E-state index is 11.0. The van der Waals surface area contributed by atoms with E-state index in [0.29, 0.717) is 24.0 Å². The first kappa shape index (κ1) is 34.2. The molecule has 0 aromatic heterocycles. The highest BCUT2D eigenvalue weighted by Crippen LogP contribution is 2.57. The van der Waals surface area contributed by atoms with E-state index >= 15 is 0 Å². The van der Waals surface area contributed by atoms with Crippen molar-refractivity contribution in [2.45, 2.75) is 41.5 Å². The summed E-state index contributed by atoms with van der Waals surface area (Å²) in [4.78, 5) is 25.6. The maximum absolute atomic E-state index is 11.0. The van der Waals surface area contributed by atoms with Crippen molar-refractivity contribution in [3.63, 3.8) is 0 Å². The van der Waals surface area contributed by atoms with Crippen molar-refractivity contribution in [2.24, 2.45) is 10.8 Å². The van der Waals surface area contributed by atoms with E-state index in [1.165, 1.54) is 0 Å². The summed E-state index contributed by atoms with van der Waals surface area (Å²) in [6.07, 6.45) is 0. The zero-order valence-electron chi connectivity index (χ0n) is 20.0. The van der Waals surface area contributed by atoms with Crippen molar-refractivity contribution in [1.29, 1.82) is 0 Å². The lowest BCUT2D eigenvalue weighted by atomic mass is 9.97. The van der Waals surface area contributed by atoms with Gasteiger partial charge >= 0.3 is 15.6 Å². The summed E-state index contributed by atoms with van der Waals surface area (Å²) < 4.78 is 49.7. The molecule has 0 spiro atoms. The molecule has 0 aliphatic rings. The topological polar surface area (TPSA) is 170 Å². The SMILES string of the molecule is CC(C)(C)COCC(C)(C)C.O=P(O)(O)OP(=O)(O)OCCOCCOCCOCCO. The van der Waals surface area contributed by atoms with Gasteiger partial charge in [-0.3, -0.25) is 4.52 Å². The zero-order chi connectivity index (χ0) is 25.3. The number of rotatable bonds is 16. The van der Waals surface area contributed by atoms with Crippen molar-refractivity contribution >= 4 is 15.6 Å². The van der Waals surface area contributed by atoms with Gasteiger partial charge in [-0.1, -0.05) is 41.5 Å². The second-order valence-corrected chi connectivity index (χ2v) is 11.9. The fraction of sp³-hybridized carbons (Fsp3) is 1.00. The number of phosphoric acid groups is 2. The van der Waals surface area contributed by atoms with E-state index in [2.05, 4.69) is 50.4 Å². The molecule has 196 valence electrons. The molecule has 0 rings (SSSR count). The van der Waals surface area contributed by atoms with E-state index in [4.69, 9.17) is 38.7 Å². The molecule has 1 unspecified atom stereocenters. The molecule has 0 amide bonds. The molecule has 0 saturated heterocycles. The lowest BCUT2D eigenvalue weighted by Gasteiger charge is -2.23. The van der Waals surface area contributed by atoms with E-state index in [1.807, 2.05) is 0 Å². The van der Waals surface area contributed by atoms with Gasteiger partial charge in [0.25, 0.3) is 0 Å². The third-order valence-corrected chi connectivity index (χ3v) is 4.93. The maximum Gasteiger partial charge on any atom is 0.481 e. The molecule has 0 fully saturated rings. The summed E-state index contributed by atoms with van der Waals surface area (Å²) >= 11 is 0. The second-order valence-electron chi connectivity index (χ2n) is 9.05. The van der Waals surface area contributed by atoms with Crippen LogP contribution in [0.3, 0.4) is 0 Å². The van der Waals surface area contributed by atoms with Crippen molar-refractivity contribution in [3.8, 4) is 0 Å². The van der Waals surface area contributed by atoms with E-state index in [-0.39, 0.29) is 39.6 Å². The van der Waals surface area contributed by atoms with Crippen molar-refractivity contribution < 1.29 is 56.7 Å². The average molecular weight is 512 g/mol. The average Bonchev–Trinajstić information content (AvgIpc) is 2.55. The predicted octanol–water partition coefficient (Wildman–Crippen LogP) is 2.35. The number of aliphatic hydroxyl groups excluding tert-OH is 1. The molecule has 0 aromatic carbocycles. The molecule has 0 aromatic rings. The minimum absolute atomic E-state index is 0.0520. The van der Waals surface area contributed by atoms with Crippen molar-refractivity contribution in [3.05, 3.63) is 0 Å². The molecule has 1 atom stereocenters. The van der Waals surface area contributed by atoms with Gasteiger partial charge in [0.1, 0.15) is 0 Å². The Bertz CT molecular complexity index is 525. The second kappa shape index (κ2) is 17.5. The number of ether oxygens (including phenoxy) is 4. The molecule has 0 bridgehead atoms. The van der Waals surface area contributed by atoms with Crippen LogP contribution in [0.25, 0.3) is 0 Å². The number of hydrogen-bond donors (Lipinski definition) is 4. The zero-order valence-corrected chi connectivity index (χ0v) is 21.8. The fourth-order valence-corrected chi connectivity index (χ4v) is 3.21. The van der Waals surface area contributed by atoms with E-state index in [0.717, 1.165) is 13.2 Å². The predicted molar refractivity (Wildman–Crippen MR) is 118 cm³/mol. The Morgan fingerprint density at radius 3 is 1.34 bits per heavy atom. The summed E-state index contributed by atoms with van der Waals surface area (Å²) in [6, 6.07) is 0. The van der Waals surface area contributed by atoms with Gasteiger partial charge in [-0.15, -0.1) is 0 Å². The molecular formula is C18H42O12P2. The highest BCUT2D eigenvalue weighted by atomic mass is 31.3. The lowest BCUT2D eigenvalue weighted by Crippen LogP contribution is -2.21. The van der Waals surface area contributed by atoms with Crippen LogP contribution in [0.1, 0.15) is 41.5 Å². The van der Waals surface area contributed by atoms with Crippen LogP contribution in [-0.4, -0.2) is 85.9 Å². The Hall–Kier alpha value is 0.0600. The van der Waals surface area contributed by atoms with Crippen LogP contribution in [0.5, 0.6) is 0 Å². The van der Waals surface area contributed by atoms with Crippen LogP contribution in [0.2, 0.25) is 0 Å². The summed E-state index contributed by atoms with van der Waals surface area (Å²) in [6.45, 7) is 15.7. The highest BCUT2D eigenvalue weighted by Gasteiger charge is 2.32. The van der Waals surface area contributed by atoms with Crippen LogP contribution in [0.15, 0.2) is 0 Å². The number of phosphoric ester groups is 1. The molecule has 0 saturated carbocycles. The van der Waals surface area contributed by atoms with E-state index in [9.17, 15) is 9.13 Å². The minimum atomic E-state index is -5.10. The summed E-state index contributed by atoms with van der Waals surface area (Å²) in [5.74, 6) is 0. The molecule has 12 nitrogen and oxygen atoms in total. The number of hydrogen-bond acceptors (Lipinski definition) is 9. The van der Waals surface area contributed by atoms with Crippen molar-refractivity contribution in [1.82, 2.24) is 0 Å². The van der Waals surface area contributed by atoms with Crippen molar-refractivity contribution in [2.75, 3.05) is 66.1 Å². The Morgan fingerprint density at radius 2 is 1.00 bits per heavy atom. The molecule has 0 heterocycles. The van der Waals surface area contributed by atoms with Crippen LogP contribution in [0.4, 0.5) is 0 Å². The van der Waals surface area contributed by atoms with Gasteiger partial charge in [0.2, 0.25) is 0 Å². The third kappa shape index (κ3) is 32.2. The van der Waals surface area contributed by atoms with Gasteiger partial charge in [0, 0.05) is 0 Å². The largest absolute Gasteiger partial charge is 0.481 e. The monoisotopic (exact) mass is 512 g/mol. The first-order chi connectivity index (χ1) is 14.5. The first-order valence-electron chi connectivity index (χ1n) is 10.1. The molecule has 0 radical (unpaired) electrons. The van der Waals surface area contributed by atoms with Crippen LogP contribution < -0.4 is 0 Å². The van der Waals surface area contributed by atoms with Crippen LogP contribution in [-0.2, 0) is 36.9 Å². The lowest BCUT2D eigenvalue weighted by molar-refractivity contribution is 0.00222. The summed E-state index contributed by atoms with van der Waals surface area (Å²) in [5, 5.41) is 8.42. The molecule has 0 aliphatic carbocycles. The first-order valence-corrected chi connectivity index (χ1v) is 13.2. The Labute approximate surface area is 191 Å². The molecule has 0 aliphatic heterocycles. The Kier molecular flexibility index (Phi) is 18.7. The summed E-state index contributed by atoms with van der Waals surface area (Å²) in [5.41, 5.74) is 0.594. The fourth-order valence-electron chi connectivity index (χ4n) is 1.64. The Morgan fingerprint density at radius 1 is 0.625 bits per heavy atom. The molecule has 32 heavy (non-hydrogen) atoms. The smallest absolute Gasteiger partial charge is 0.394 e. The van der Waals surface area contributed by atoms with Crippen LogP contribution >= 0.6 is 15.6 Å². The van der Waals surface area contributed by atoms with Gasteiger partial charge in [0.05, 0.1) is 66.1 Å². The van der Waals surface area contributed by atoms with Gasteiger partial charge < -0.3 is 38.7 Å². The van der Waals surface area contributed by atoms with Gasteiger partial charge in [-0.2, -0.15) is 4.31 Å². The van der Waals surface area contributed by atoms with Gasteiger partial charge in [0.15, 0.2) is 0 Å². The van der Waals surface area contributed by atoms with Crippen LogP contribution in [0, 0.1) is 10.8 Å². The molecule has 4 N–H and O–H groups in total. The summed E-state index contributed by atoms with van der Waals surface area (Å²) in [7, 11) is -9.90. The van der Waals surface area contributed by atoms with E-state index < -0.39 is 15.6 Å². The standard InChI is InChI=1S/C10H22O.C8H20O11P2/c1-9(2,3)7-11-8-10(4,5)6;9-1-2-15-3-4-16-5-6-17-7-8-18-21(13,14)19-20(10,11)12/h7-8H2,1-6H3;9H,1-8H2,(H,13,14)(H2,10,11,12). The normalized spacial score (nSPS) is 14.6. The molecule has 14 heteroatoms.